The van der Waals surface area contributed by atoms with Gasteiger partial charge in [-0.25, -0.2) is 0 Å². The number of aromatic nitrogens is 3. The van der Waals surface area contributed by atoms with Gasteiger partial charge in [0.1, 0.15) is 5.75 Å². The van der Waals surface area contributed by atoms with Gasteiger partial charge in [-0.05, 0) is 54.6 Å². The molecule has 0 fully saturated rings. The molecule has 0 aliphatic rings. The van der Waals surface area contributed by atoms with E-state index in [2.05, 4.69) is 15.5 Å². The van der Waals surface area contributed by atoms with Gasteiger partial charge in [-0.15, -0.1) is 10.2 Å². The maximum absolute atomic E-state index is 12.5. The van der Waals surface area contributed by atoms with E-state index in [-0.39, 0.29) is 11.7 Å². The Kier molecular flexibility index (Phi) is 7.45. The smallest absolute Gasteiger partial charge is 0.234 e. The van der Waals surface area contributed by atoms with Crippen molar-refractivity contribution in [3.63, 3.8) is 0 Å². The molecule has 0 bridgehead atoms. The van der Waals surface area contributed by atoms with E-state index in [0.29, 0.717) is 37.5 Å². The first-order valence-corrected chi connectivity index (χ1v) is 11.8. The van der Waals surface area contributed by atoms with Gasteiger partial charge in [0.15, 0.2) is 11.0 Å². The quantitative estimate of drug-likeness (QED) is 0.277. The van der Waals surface area contributed by atoms with E-state index in [1.54, 1.807) is 37.4 Å². The maximum Gasteiger partial charge on any atom is 0.234 e. The van der Waals surface area contributed by atoms with E-state index >= 15 is 0 Å². The lowest BCUT2D eigenvalue weighted by Gasteiger charge is -2.12. The highest BCUT2D eigenvalue weighted by atomic mass is 35.5. The molecule has 4 aromatic rings. The standard InChI is InChI=1S/C23H17Cl3N4O2S/c1-32-20-5-3-2-4-17(20)22-28-29-23(30(22)16-9-6-14(24)7-10-16)33-13-21(31)27-15-8-11-18(25)19(26)12-15/h2-12H,13H2,1H3,(H,27,31). The second-order valence-electron chi connectivity index (χ2n) is 6.78. The summed E-state index contributed by atoms with van der Waals surface area (Å²) in [6.45, 7) is 0. The van der Waals surface area contributed by atoms with Crippen molar-refractivity contribution in [1.82, 2.24) is 14.8 Å². The summed E-state index contributed by atoms with van der Waals surface area (Å²) < 4.78 is 7.37. The molecule has 0 radical (unpaired) electrons. The number of carbonyl (C=O) groups is 1. The number of carbonyl (C=O) groups excluding carboxylic acids is 1. The van der Waals surface area contributed by atoms with Crippen LogP contribution in [0.2, 0.25) is 15.1 Å². The Hall–Kier alpha value is -2.71. The lowest BCUT2D eigenvalue weighted by molar-refractivity contribution is -0.113. The summed E-state index contributed by atoms with van der Waals surface area (Å²) in [6.07, 6.45) is 0. The Labute approximate surface area is 209 Å². The number of para-hydroxylation sites is 1. The molecule has 0 saturated carbocycles. The SMILES string of the molecule is COc1ccccc1-c1nnc(SCC(=O)Nc2ccc(Cl)c(Cl)c2)n1-c1ccc(Cl)cc1. The molecule has 33 heavy (non-hydrogen) atoms. The van der Waals surface area contributed by atoms with E-state index < -0.39 is 0 Å². The Morgan fingerprint density at radius 1 is 1.00 bits per heavy atom. The number of nitrogens with one attached hydrogen (secondary N) is 1. The Morgan fingerprint density at radius 3 is 2.48 bits per heavy atom. The Morgan fingerprint density at radius 2 is 1.76 bits per heavy atom. The average Bonchev–Trinajstić information content (AvgIpc) is 3.24. The monoisotopic (exact) mass is 518 g/mol. The fraction of sp³-hybridized carbons (Fsp3) is 0.0870. The van der Waals surface area contributed by atoms with Crippen molar-refractivity contribution >= 4 is 58.2 Å². The van der Waals surface area contributed by atoms with Crippen LogP contribution in [-0.2, 0) is 4.79 Å². The molecule has 1 amide bonds. The van der Waals surface area contributed by atoms with Crippen LogP contribution in [0.15, 0.2) is 71.9 Å². The lowest BCUT2D eigenvalue weighted by Crippen LogP contribution is -2.14. The molecular formula is C23H17Cl3N4O2S. The minimum atomic E-state index is -0.220. The minimum absolute atomic E-state index is 0.109. The molecule has 0 aliphatic carbocycles. The van der Waals surface area contributed by atoms with Crippen molar-refractivity contribution in [3.05, 3.63) is 81.8 Å². The van der Waals surface area contributed by atoms with Crippen LogP contribution in [0.5, 0.6) is 5.75 Å². The third-order valence-corrected chi connectivity index (χ3v) is 6.52. The van der Waals surface area contributed by atoms with Crippen molar-refractivity contribution in [3.8, 4) is 22.8 Å². The van der Waals surface area contributed by atoms with Gasteiger partial charge >= 0.3 is 0 Å². The Bertz CT molecular complexity index is 1300. The number of hydrogen-bond acceptors (Lipinski definition) is 5. The molecule has 3 aromatic carbocycles. The second kappa shape index (κ2) is 10.5. The second-order valence-corrected chi connectivity index (χ2v) is 8.98. The highest BCUT2D eigenvalue weighted by Gasteiger charge is 2.20. The molecule has 6 nitrogen and oxygen atoms in total. The molecule has 10 heteroatoms. The number of hydrogen-bond donors (Lipinski definition) is 1. The molecule has 0 aliphatic heterocycles. The van der Waals surface area contributed by atoms with Crippen molar-refractivity contribution in [1.29, 1.82) is 0 Å². The van der Waals surface area contributed by atoms with Gasteiger partial charge in [0.05, 0.1) is 28.5 Å². The normalized spacial score (nSPS) is 10.8. The highest BCUT2D eigenvalue weighted by molar-refractivity contribution is 7.99. The molecule has 168 valence electrons. The van der Waals surface area contributed by atoms with Gasteiger partial charge < -0.3 is 10.1 Å². The fourth-order valence-electron chi connectivity index (χ4n) is 3.09. The average molecular weight is 520 g/mol. The van der Waals surface area contributed by atoms with Gasteiger partial charge in [-0.3, -0.25) is 9.36 Å². The van der Waals surface area contributed by atoms with Gasteiger partial charge in [0.25, 0.3) is 0 Å². The molecule has 1 aromatic heterocycles. The first-order valence-electron chi connectivity index (χ1n) is 9.68. The lowest BCUT2D eigenvalue weighted by atomic mass is 10.2. The molecular weight excluding hydrogens is 503 g/mol. The van der Waals surface area contributed by atoms with Crippen LogP contribution in [0, 0.1) is 0 Å². The molecule has 0 spiro atoms. The summed E-state index contributed by atoms with van der Waals surface area (Å²) in [7, 11) is 1.60. The molecule has 0 atom stereocenters. The summed E-state index contributed by atoms with van der Waals surface area (Å²) in [5.41, 5.74) is 2.14. The predicted molar refractivity (Wildman–Crippen MR) is 134 cm³/mol. The molecule has 4 rings (SSSR count). The number of thioether (sulfide) groups is 1. The molecule has 0 saturated heterocycles. The predicted octanol–water partition coefficient (Wildman–Crippen LogP) is 6.63. The van der Waals surface area contributed by atoms with Crippen LogP contribution in [0.25, 0.3) is 17.1 Å². The summed E-state index contributed by atoms with van der Waals surface area (Å²) >= 11 is 19.3. The number of ether oxygens (including phenoxy) is 1. The summed E-state index contributed by atoms with van der Waals surface area (Å²) in [6, 6.07) is 19.8. The summed E-state index contributed by atoms with van der Waals surface area (Å²) in [5, 5.41) is 13.5. The van der Waals surface area contributed by atoms with Crippen molar-refractivity contribution in [2.45, 2.75) is 5.16 Å². The zero-order valence-electron chi connectivity index (χ0n) is 17.3. The van der Waals surface area contributed by atoms with Crippen LogP contribution in [0.1, 0.15) is 0 Å². The first-order chi connectivity index (χ1) is 16.0. The van der Waals surface area contributed by atoms with Gasteiger partial charge in [-0.1, -0.05) is 58.7 Å². The largest absolute Gasteiger partial charge is 0.496 e. The third kappa shape index (κ3) is 5.45. The van der Waals surface area contributed by atoms with Crippen LogP contribution in [0.4, 0.5) is 5.69 Å². The number of halogens is 3. The van der Waals surface area contributed by atoms with Gasteiger partial charge in [0, 0.05) is 16.4 Å². The van der Waals surface area contributed by atoms with Crippen molar-refractivity contribution in [2.75, 3.05) is 18.2 Å². The van der Waals surface area contributed by atoms with Crippen LogP contribution in [-0.4, -0.2) is 33.5 Å². The molecule has 0 unspecified atom stereocenters. The minimum Gasteiger partial charge on any atom is -0.496 e. The van der Waals surface area contributed by atoms with Gasteiger partial charge in [0.2, 0.25) is 5.91 Å². The van der Waals surface area contributed by atoms with E-state index in [1.807, 2.05) is 41.0 Å². The van der Waals surface area contributed by atoms with Crippen LogP contribution < -0.4 is 10.1 Å². The summed E-state index contributed by atoms with van der Waals surface area (Å²) in [4.78, 5) is 12.5. The zero-order chi connectivity index (χ0) is 23.4. The van der Waals surface area contributed by atoms with Crippen LogP contribution >= 0.6 is 46.6 Å². The van der Waals surface area contributed by atoms with Crippen molar-refractivity contribution < 1.29 is 9.53 Å². The first kappa shape index (κ1) is 23.4. The van der Waals surface area contributed by atoms with E-state index in [4.69, 9.17) is 39.5 Å². The topological polar surface area (TPSA) is 69.0 Å². The number of methoxy groups -OCH3 is 1. The number of benzene rings is 3. The fourth-order valence-corrected chi connectivity index (χ4v) is 4.27. The number of nitrogens with zero attached hydrogens (tertiary/aromatic N) is 3. The number of amides is 1. The molecule has 1 heterocycles. The van der Waals surface area contributed by atoms with E-state index in [1.165, 1.54) is 11.8 Å². The van der Waals surface area contributed by atoms with Gasteiger partial charge in [-0.2, -0.15) is 0 Å². The van der Waals surface area contributed by atoms with Crippen molar-refractivity contribution in [2.24, 2.45) is 0 Å². The van der Waals surface area contributed by atoms with E-state index in [0.717, 1.165) is 11.3 Å². The van der Waals surface area contributed by atoms with Crippen LogP contribution in [0.3, 0.4) is 0 Å². The van der Waals surface area contributed by atoms with E-state index in [9.17, 15) is 4.79 Å². The third-order valence-electron chi connectivity index (χ3n) is 4.60. The zero-order valence-corrected chi connectivity index (χ0v) is 20.3. The summed E-state index contributed by atoms with van der Waals surface area (Å²) in [5.74, 6) is 1.14. The maximum atomic E-state index is 12.5. The Balaban J connectivity index is 1.62. The highest BCUT2D eigenvalue weighted by Crippen LogP contribution is 2.33. The number of rotatable bonds is 7. The molecule has 1 N–H and O–H groups in total. The number of anilines is 1.